The fourth-order valence-electron chi connectivity index (χ4n) is 1.01. The van der Waals surface area contributed by atoms with Gasteiger partial charge in [0.2, 0.25) is 0 Å². The van der Waals surface area contributed by atoms with Crippen molar-refractivity contribution < 1.29 is 9.90 Å². The van der Waals surface area contributed by atoms with Gasteiger partial charge in [0, 0.05) is 5.69 Å². The Morgan fingerprint density at radius 2 is 2.00 bits per heavy atom. The van der Waals surface area contributed by atoms with Gasteiger partial charge in [-0.3, -0.25) is 4.79 Å². The lowest BCUT2D eigenvalue weighted by atomic mass is 10.2. The van der Waals surface area contributed by atoms with Crippen LogP contribution < -0.4 is 5.32 Å². The highest BCUT2D eigenvalue weighted by Crippen LogP contribution is 2.08. The maximum Gasteiger partial charge on any atom is 0.269 e. The normalized spacial score (nSPS) is 11.2. The van der Waals surface area contributed by atoms with E-state index in [-0.39, 0.29) is 11.3 Å². The van der Waals surface area contributed by atoms with Crippen LogP contribution in [0.15, 0.2) is 41.7 Å². The maximum absolute atomic E-state index is 11.4. The number of aliphatic hydroxyl groups is 1. The van der Waals surface area contributed by atoms with E-state index in [1.807, 2.05) is 6.07 Å². The molecule has 0 radical (unpaired) electrons. The molecule has 76 valence electrons. The van der Waals surface area contributed by atoms with E-state index in [0.717, 1.165) is 0 Å². The fraction of sp³-hybridized carbons (Fsp3) is 0.0909. The summed E-state index contributed by atoms with van der Waals surface area (Å²) >= 11 is 0. The number of para-hydroxylation sites is 1. The summed E-state index contributed by atoms with van der Waals surface area (Å²) < 4.78 is 0. The summed E-state index contributed by atoms with van der Waals surface area (Å²) in [6.45, 7) is 1.29. The molecule has 0 spiro atoms. The number of nitrogens with zero attached hydrogens (tertiary/aromatic N) is 1. The monoisotopic (exact) mass is 202 g/mol. The Balaban J connectivity index is 2.82. The third kappa shape index (κ3) is 2.85. The first-order chi connectivity index (χ1) is 7.15. The number of anilines is 1. The number of hydrogen-bond donors (Lipinski definition) is 2. The minimum Gasteiger partial charge on any atom is -0.511 e. The summed E-state index contributed by atoms with van der Waals surface area (Å²) in [5.41, 5.74) is 0.301. The van der Waals surface area contributed by atoms with Crippen LogP contribution in [0.2, 0.25) is 0 Å². The minimum absolute atomic E-state index is 0.279. The second-order valence-electron chi connectivity index (χ2n) is 2.89. The molecule has 0 saturated carbocycles. The lowest BCUT2D eigenvalue weighted by molar-refractivity contribution is -0.112. The third-order valence-electron chi connectivity index (χ3n) is 1.73. The summed E-state index contributed by atoms with van der Waals surface area (Å²) in [6.07, 6.45) is 0. The Morgan fingerprint density at radius 1 is 1.40 bits per heavy atom. The molecular weight excluding hydrogens is 192 g/mol. The molecule has 0 aromatic heterocycles. The van der Waals surface area contributed by atoms with Crippen molar-refractivity contribution in [2.75, 3.05) is 5.32 Å². The first-order valence-electron chi connectivity index (χ1n) is 4.31. The first-order valence-corrected chi connectivity index (χ1v) is 4.31. The maximum atomic E-state index is 11.4. The molecule has 0 aliphatic rings. The molecule has 1 aromatic rings. The summed E-state index contributed by atoms with van der Waals surface area (Å²) in [5, 5.41) is 20.2. The van der Waals surface area contributed by atoms with Gasteiger partial charge in [-0.25, -0.2) is 0 Å². The summed E-state index contributed by atoms with van der Waals surface area (Å²) in [6, 6.07) is 10.4. The van der Waals surface area contributed by atoms with Crippen molar-refractivity contribution in [1.82, 2.24) is 0 Å². The predicted molar refractivity (Wildman–Crippen MR) is 56.0 cm³/mol. The van der Waals surface area contributed by atoms with Crippen molar-refractivity contribution in [2.24, 2.45) is 0 Å². The zero-order valence-corrected chi connectivity index (χ0v) is 8.19. The number of amides is 1. The average molecular weight is 202 g/mol. The van der Waals surface area contributed by atoms with Crippen LogP contribution in [0, 0.1) is 11.3 Å². The molecule has 0 unspecified atom stereocenters. The molecule has 1 amide bonds. The van der Waals surface area contributed by atoms with Crippen molar-refractivity contribution in [1.29, 1.82) is 5.26 Å². The number of nitrogens with one attached hydrogen (secondary N) is 1. The number of carbonyl (C=O) groups is 1. The van der Waals surface area contributed by atoms with Crippen molar-refractivity contribution in [3.8, 4) is 6.07 Å². The van der Waals surface area contributed by atoms with Crippen LogP contribution in [0.4, 0.5) is 5.69 Å². The molecule has 4 heteroatoms. The Hall–Kier alpha value is -2.28. The molecule has 1 aromatic carbocycles. The standard InChI is InChI=1S/C11H10N2O2/c1-8(14)10(7-12)11(15)13-9-5-3-2-4-6-9/h2-6,14H,1H3,(H,13,15). The Labute approximate surface area is 87.5 Å². The van der Waals surface area contributed by atoms with Crippen LogP contribution >= 0.6 is 0 Å². The van der Waals surface area contributed by atoms with E-state index in [1.54, 1.807) is 30.3 Å². The van der Waals surface area contributed by atoms with Crippen LogP contribution in [0.3, 0.4) is 0 Å². The van der Waals surface area contributed by atoms with Gasteiger partial charge in [-0.15, -0.1) is 0 Å². The quantitative estimate of drug-likeness (QED) is 0.437. The van der Waals surface area contributed by atoms with E-state index in [2.05, 4.69) is 5.32 Å². The van der Waals surface area contributed by atoms with Gasteiger partial charge >= 0.3 is 0 Å². The van der Waals surface area contributed by atoms with Crippen molar-refractivity contribution in [2.45, 2.75) is 6.92 Å². The van der Waals surface area contributed by atoms with Gasteiger partial charge in [0.05, 0.1) is 0 Å². The molecule has 1 rings (SSSR count). The highest BCUT2D eigenvalue weighted by Gasteiger charge is 2.11. The Morgan fingerprint density at radius 3 is 2.47 bits per heavy atom. The smallest absolute Gasteiger partial charge is 0.269 e. The molecule has 2 N–H and O–H groups in total. The number of carbonyl (C=O) groups excluding carboxylic acids is 1. The van der Waals surface area contributed by atoms with Gasteiger partial charge in [-0.1, -0.05) is 18.2 Å². The van der Waals surface area contributed by atoms with Crippen molar-refractivity contribution in [3.05, 3.63) is 41.7 Å². The summed E-state index contributed by atoms with van der Waals surface area (Å²) in [7, 11) is 0. The van der Waals surface area contributed by atoms with Gasteiger partial charge in [0.1, 0.15) is 11.8 Å². The molecule has 0 bridgehead atoms. The number of allylic oxidation sites excluding steroid dienone is 1. The SMILES string of the molecule is CC(O)=C(C#N)C(=O)Nc1ccccc1. The number of hydrogen-bond acceptors (Lipinski definition) is 3. The average Bonchev–Trinajstić information content (AvgIpc) is 2.19. The highest BCUT2D eigenvalue weighted by atomic mass is 16.3. The van der Waals surface area contributed by atoms with E-state index in [9.17, 15) is 4.79 Å². The number of rotatable bonds is 2. The van der Waals surface area contributed by atoms with Crippen LogP contribution in [-0.4, -0.2) is 11.0 Å². The molecule has 4 nitrogen and oxygen atoms in total. The molecule has 0 saturated heterocycles. The van der Waals surface area contributed by atoms with Crippen molar-refractivity contribution >= 4 is 11.6 Å². The lowest BCUT2D eigenvalue weighted by Crippen LogP contribution is -2.14. The third-order valence-corrected chi connectivity index (χ3v) is 1.73. The van der Waals surface area contributed by atoms with Gasteiger partial charge in [-0.05, 0) is 19.1 Å². The van der Waals surface area contributed by atoms with E-state index in [1.165, 1.54) is 6.92 Å². The van der Waals surface area contributed by atoms with Crippen molar-refractivity contribution in [3.63, 3.8) is 0 Å². The molecule has 0 fully saturated rings. The number of benzene rings is 1. The van der Waals surface area contributed by atoms with Crippen LogP contribution in [0.25, 0.3) is 0 Å². The highest BCUT2D eigenvalue weighted by molar-refractivity contribution is 6.06. The van der Waals surface area contributed by atoms with Gasteiger partial charge < -0.3 is 10.4 Å². The summed E-state index contributed by atoms with van der Waals surface area (Å²) in [5.74, 6) is -0.894. The van der Waals surface area contributed by atoms with Gasteiger partial charge in [-0.2, -0.15) is 5.26 Å². The topological polar surface area (TPSA) is 73.1 Å². The molecule has 0 heterocycles. The second kappa shape index (κ2) is 4.82. The summed E-state index contributed by atoms with van der Waals surface area (Å²) in [4.78, 5) is 11.4. The first kappa shape index (κ1) is 10.8. The fourth-order valence-corrected chi connectivity index (χ4v) is 1.01. The number of nitriles is 1. The molecule has 0 aliphatic carbocycles. The molecular formula is C11H10N2O2. The van der Waals surface area contributed by atoms with Gasteiger partial charge in [0.15, 0.2) is 5.57 Å². The van der Waals surface area contributed by atoms with E-state index in [4.69, 9.17) is 10.4 Å². The largest absolute Gasteiger partial charge is 0.511 e. The molecule has 15 heavy (non-hydrogen) atoms. The van der Waals surface area contributed by atoms with Crippen LogP contribution in [-0.2, 0) is 4.79 Å². The molecule has 0 atom stereocenters. The van der Waals surface area contributed by atoms with E-state index >= 15 is 0 Å². The van der Waals surface area contributed by atoms with E-state index < -0.39 is 5.91 Å². The van der Waals surface area contributed by atoms with Gasteiger partial charge in [0.25, 0.3) is 5.91 Å². The zero-order chi connectivity index (χ0) is 11.3. The number of aliphatic hydroxyl groups excluding tert-OH is 1. The molecule has 0 aliphatic heterocycles. The van der Waals surface area contributed by atoms with Crippen LogP contribution in [0.1, 0.15) is 6.92 Å². The second-order valence-corrected chi connectivity index (χ2v) is 2.89. The van der Waals surface area contributed by atoms with Crippen LogP contribution in [0.5, 0.6) is 0 Å². The lowest BCUT2D eigenvalue weighted by Gasteiger charge is -2.03. The zero-order valence-electron chi connectivity index (χ0n) is 8.19. The Bertz CT molecular complexity index is 426. The van der Waals surface area contributed by atoms with E-state index in [0.29, 0.717) is 5.69 Å². The predicted octanol–water partition coefficient (Wildman–Crippen LogP) is 1.98. The minimum atomic E-state index is -0.608. The Kier molecular flexibility index (Phi) is 3.47.